The number of aromatic hydroxyl groups is 1. The first-order valence-electron chi connectivity index (χ1n) is 14.4. The number of imide groups is 1. The van der Waals surface area contributed by atoms with E-state index in [4.69, 9.17) is 25.2 Å². The summed E-state index contributed by atoms with van der Waals surface area (Å²) in [6, 6.07) is 6.29. The van der Waals surface area contributed by atoms with Crippen LogP contribution in [-0.2, 0) is 21.4 Å². The molecule has 7 rings (SSSR count). The summed E-state index contributed by atoms with van der Waals surface area (Å²) in [4.78, 5) is 49.8. The number of aliphatic hydroxyl groups excluding tert-OH is 2. The second kappa shape index (κ2) is 10.6. The zero-order chi connectivity index (χ0) is 32.6. The summed E-state index contributed by atoms with van der Waals surface area (Å²) in [5.74, 6) is -4.80. The predicted octanol–water partition coefficient (Wildman–Crippen LogP) is 0.414. The number of hydrogen-bond donors (Lipinski definition) is 6. The van der Waals surface area contributed by atoms with Gasteiger partial charge in [0.05, 0.1) is 28.2 Å². The van der Waals surface area contributed by atoms with Crippen LogP contribution in [0.4, 0.5) is 4.39 Å². The number of amides is 2. The number of carboxylic acids is 2. The van der Waals surface area contributed by atoms with Crippen LogP contribution in [0.5, 0.6) is 11.5 Å². The highest BCUT2D eigenvalue weighted by Gasteiger charge is 2.74. The monoisotopic (exact) mass is 626 g/mol. The van der Waals surface area contributed by atoms with Gasteiger partial charge in [-0.1, -0.05) is 12.1 Å². The number of benzene rings is 2. The molecule has 2 fully saturated rings. The number of carboxylic acid groups (broad SMARTS) is 2. The van der Waals surface area contributed by atoms with E-state index in [0.717, 1.165) is 17.2 Å². The maximum absolute atomic E-state index is 13.9. The Bertz CT molecular complexity index is 1630. The van der Waals surface area contributed by atoms with Crippen LogP contribution in [-0.4, -0.2) is 113 Å². The molecular weight excluding hydrogens is 595 g/mol. The number of rotatable bonds is 6. The minimum atomic E-state index is -2.27. The van der Waals surface area contributed by atoms with Crippen molar-refractivity contribution < 1.29 is 58.9 Å². The summed E-state index contributed by atoms with van der Waals surface area (Å²) in [7, 11) is 0. The molecule has 3 heterocycles. The van der Waals surface area contributed by atoms with E-state index in [1.807, 2.05) is 12.1 Å². The molecule has 6 N–H and O–H groups in total. The van der Waals surface area contributed by atoms with Crippen LogP contribution in [0.1, 0.15) is 51.1 Å². The van der Waals surface area contributed by atoms with E-state index in [2.05, 4.69) is 11.5 Å². The third kappa shape index (κ3) is 4.20. The lowest BCUT2D eigenvalue weighted by Crippen LogP contribution is -2.78. The van der Waals surface area contributed by atoms with E-state index in [1.54, 1.807) is 6.07 Å². The van der Waals surface area contributed by atoms with Crippen LogP contribution < -0.4 is 4.74 Å². The molecule has 5 aliphatic rings. The van der Waals surface area contributed by atoms with Gasteiger partial charge in [-0.2, -0.15) is 0 Å². The van der Waals surface area contributed by atoms with Gasteiger partial charge in [0.15, 0.2) is 23.7 Å². The number of phenolic OH excluding ortho intramolecular Hbond substituents is 1. The van der Waals surface area contributed by atoms with Crippen LogP contribution in [0.15, 0.2) is 43.0 Å². The molecule has 14 heteroatoms. The number of hydrogen-bond acceptors (Lipinski definition) is 10. The number of aliphatic hydroxyl groups is 3. The van der Waals surface area contributed by atoms with Crippen molar-refractivity contribution in [1.29, 1.82) is 0 Å². The molecule has 1 saturated heterocycles. The molecule has 13 nitrogen and oxygen atoms in total. The zero-order valence-electron chi connectivity index (χ0n) is 23.8. The third-order valence-corrected chi connectivity index (χ3v) is 9.92. The van der Waals surface area contributed by atoms with E-state index in [1.165, 1.54) is 17.0 Å². The fraction of sp³-hybridized carbons (Fsp3) is 0.419. The average molecular weight is 627 g/mol. The highest BCUT2D eigenvalue weighted by Crippen LogP contribution is 2.66. The lowest BCUT2D eigenvalue weighted by Gasteiger charge is -2.64. The Hall–Kier alpha value is -4.37. The average Bonchev–Trinajstić information content (AvgIpc) is 3.47. The normalized spacial score (nSPS) is 30.3. The Morgan fingerprint density at radius 3 is 2.38 bits per heavy atom. The van der Waals surface area contributed by atoms with E-state index >= 15 is 0 Å². The Balaban J connectivity index is 0.000000311. The molecule has 2 aromatic carbocycles. The summed E-state index contributed by atoms with van der Waals surface area (Å²) >= 11 is 0. The third-order valence-electron chi connectivity index (χ3n) is 9.92. The van der Waals surface area contributed by atoms with Crippen LogP contribution in [0.2, 0.25) is 0 Å². The lowest BCUT2D eigenvalue weighted by atomic mass is 9.48. The van der Waals surface area contributed by atoms with Crippen molar-refractivity contribution in [3.8, 4) is 11.5 Å². The second-order valence-corrected chi connectivity index (χ2v) is 12.0. The summed E-state index contributed by atoms with van der Waals surface area (Å²) in [6.07, 6.45) is -1.53. The van der Waals surface area contributed by atoms with Crippen molar-refractivity contribution >= 4 is 23.8 Å². The molecule has 2 bridgehead atoms. The number of phenols is 1. The first kappa shape index (κ1) is 30.6. The molecule has 0 aromatic heterocycles. The quantitative estimate of drug-likeness (QED) is 0.191. The van der Waals surface area contributed by atoms with Gasteiger partial charge < -0.3 is 35.4 Å². The summed E-state index contributed by atoms with van der Waals surface area (Å²) in [5, 5.41) is 55.7. The summed E-state index contributed by atoms with van der Waals surface area (Å²) in [5.41, 5.74) is 0.0127. The largest absolute Gasteiger partial charge is 0.504 e. The highest BCUT2D eigenvalue weighted by atomic mass is 19.1. The summed E-state index contributed by atoms with van der Waals surface area (Å²) in [6.45, 7) is 5.21. The van der Waals surface area contributed by atoms with Gasteiger partial charge in [0.2, 0.25) is 0 Å². The van der Waals surface area contributed by atoms with Gasteiger partial charge in [0, 0.05) is 18.2 Å². The first-order chi connectivity index (χ1) is 21.3. The maximum Gasteiger partial charge on any atom is 0.335 e. The number of carbonyl (C=O) groups excluding carboxylic acids is 2. The molecule has 2 aromatic rings. The molecule has 2 aliphatic carbocycles. The van der Waals surface area contributed by atoms with Crippen LogP contribution >= 0.6 is 0 Å². The number of nitrogens with zero attached hydrogens (tertiary/aromatic N) is 2. The van der Waals surface area contributed by atoms with E-state index < -0.39 is 64.9 Å². The lowest BCUT2D eigenvalue weighted by molar-refractivity contribution is -0.194. The predicted molar refractivity (Wildman–Crippen MR) is 150 cm³/mol. The Labute approximate surface area is 255 Å². The standard InChI is InChI=1S/C27H25FN2O5.C4H6O6/c1-2-10-29-11-9-26-21-14-3-6-19(31)22(21)35-23(26)18(7-8-27(26,34)20(29)12-14)30-24(32)16-5-4-15(28)13-17(16)25(30)33;5-1(3(7)8)2(6)4(9)10/h2-6,13,18,20,23,31,34H,1,7-12H2;1-2,5-6H,(H,7,8)(H,9,10)/t18-,20+,23-,26-,27+;/m0./s1. The molecule has 0 radical (unpaired) electrons. The fourth-order valence-corrected chi connectivity index (χ4v) is 8.06. The molecule has 1 saturated carbocycles. The van der Waals surface area contributed by atoms with Crippen molar-refractivity contribution in [2.75, 3.05) is 13.1 Å². The Morgan fingerprint density at radius 2 is 1.73 bits per heavy atom. The van der Waals surface area contributed by atoms with Crippen LogP contribution in [0.25, 0.3) is 0 Å². The van der Waals surface area contributed by atoms with Crippen molar-refractivity contribution in [2.24, 2.45) is 0 Å². The topological polar surface area (TPSA) is 205 Å². The van der Waals surface area contributed by atoms with Gasteiger partial charge >= 0.3 is 11.9 Å². The maximum atomic E-state index is 13.9. The smallest absolute Gasteiger partial charge is 0.335 e. The minimum absolute atomic E-state index is 0.00923. The molecule has 2 unspecified atom stereocenters. The molecule has 7 atom stereocenters. The van der Waals surface area contributed by atoms with Gasteiger partial charge in [-0.25, -0.2) is 14.0 Å². The minimum Gasteiger partial charge on any atom is -0.504 e. The molecule has 238 valence electrons. The SMILES string of the molecule is C=CCN1CC[C@]23c4c5ccc(O)c4O[C@H]2[C@@H](N2C(=O)c4ccc(F)cc4C2=O)CC[C@@]3(O)[C@H]1C5.O=C(O)C(O)C(O)C(=O)O. The van der Waals surface area contributed by atoms with Gasteiger partial charge in [-0.05, 0) is 62.1 Å². The zero-order valence-corrected chi connectivity index (χ0v) is 23.8. The van der Waals surface area contributed by atoms with Crippen molar-refractivity contribution in [3.63, 3.8) is 0 Å². The number of halogens is 1. The fourth-order valence-electron chi connectivity index (χ4n) is 8.06. The molecular formula is C31H31FN2O11. The van der Waals surface area contributed by atoms with Crippen LogP contribution in [0.3, 0.4) is 0 Å². The Kier molecular flexibility index (Phi) is 7.23. The van der Waals surface area contributed by atoms with Crippen molar-refractivity contribution in [3.05, 3.63) is 71.1 Å². The molecule has 45 heavy (non-hydrogen) atoms. The van der Waals surface area contributed by atoms with E-state index in [9.17, 15) is 33.8 Å². The van der Waals surface area contributed by atoms with Crippen molar-refractivity contribution in [1.82, 2.24) is 9.80 Å². The van der Waals surface area contributed by atoms with E-state index in [0.29, 0.717) is 44.5 Å². The van der Waals surface area contributed by atoms with Gasteiger partial charge in [-0.15, -0.1) is 6.58 Å². The number of aliphatic carboxylic acids is 2. The van der Waals surface area contributed by atoms with Crippen LogP contribution in [0, 0.1) is 5.82 Å². The molecule has 2 amide bonds. The van der Waals surface area contributed by atoms with Gasteiger partial charge in [-0.3, -0.25) is 19.4 Å². The van der Waals surface area contributed by atoms with Gasteiger partial charge in [0.1, 0.15) is 11.9 Å². The van der Waals surface area contributed by atoms with Crippen molar-refractivity contribution in [2.45, 2.75) is 67.1 Å². The number of piperidine rings is 1. The summed E-state index contributed by atoms with van der Waals surface area (Å²) < 4.78 is 20.4. The number of carbonyl (C=O) groups is 4. The second-order valence-electron chi connectivity index (χ2n) is 12.0. The van der Waals surface area contributed by atoms with E-state index in [-0.39, 0.29) is 22.9 Å². The van der Waals surface area contributed by atoms with Gasteiger partial charge in [0.25, 0.3) is 11.8 Å². The highest BCUT2D eigenvalue weighted by molar-refractivity contribution is 6.21. The molecule has 1 spiro atoms. The first-order valence-corrected chi connectivity index (χ1v) is 14.4. The number of likely N-dealkylation sites (tertiary alicyclic amines) is 1. The Morgan fingerprint density at radius 1 is 1.07 bits per heavy atom. The number of ether oxygens (including phenoxy) is 1. The number of fused-ring (bicyclic) bond motifs is 1. The molecule has 3 aliphatic heterocycles.